The van der Waals surface area contributed by atoms with Crippen LogP contribution in [0, 0.1) is 24.4 Å². The number of aromatic hydroxyl groups is 1. The Bertz CT molecular complexity index is 835. The summed E-state index contributed by atoms with van der Waals surface area (Å²) in [7, 11) is 0. The van der Waals surface area contributed by atoms with Crippen molar-refractivity contribution in [1.29, 1.82) is 0 Å². The number of nitrogens with zero attached hydrogens (tertiary/aromatic N) is 3. The molecule has 1 saturated heterocycles. The second kappa shape index (κ2) is 7.85. The predicted molar refractivity (Wildman–Crippen MR) is 94.1 cm³/mol. The van der Waals surface area contributed by atoms with Crippen molar-refractivity contribution in [2.75, 3.05) is 31.1 Å². The maximum absolute atomic E-state index is 13.6. The first-order valence-corrected chi connectivity index (χ1v) is 8.67. The number of piperazine rings is 1. The Labute approximate surface area is 155 Å². The molecular formula is C19H20F3N3O2. The summed E-state index contributed by atoms with van der Waals surface area (Å²) >= 11 is 0. The molecule has 0 radical (unpaired) electrons. The molecule has 5 nitrogen and oxygen atoms in total. The van der Waals surface area contributed by atoms with Crippen molar-refractivity contribution in [3.63, 3.8) is 0 Å². The Morgan fingerprint density at radius 1 is 1.15 bits per heavy atom. The molecule has 144 valence electrons. The van der Waals surface area contributed by atoms with Crippen molar-refractivity contribution in [2.45, 2.75) is 19.8 Å². The number of rotatable bonds is 4. The predicted octanol–water partition coefficient (Wildman–Crippen LogP) is 2.79. The average Bonchev–Trinajstić information content (AvgIpc) is 2.68. The number of benzene rings is 1. The SMILES string of the molecule is Cc1c(CCC(=O)N2CCN(c3ccc(O)cn3)CC2)cc(F)c(F)c1F. The number of anilines is 1. The third-order valence-electron chi connectivity index (χ3n) is 4.81. The van der Waals surface area contributed by atoms with Crippen molar-refractivity contribution in [3.8, 4) is 5.75 Å². The fourth-order valence-corrected chi connectivity index (χ4v) is 3.14. The lowest BCUT2D eigenvalue weighted by molar-refractivity contribution is -0.131. The van der Waals surface area contributed by atoms with E-state index in [1.165, 1.54) is 13.1 Å². The van der Waals surface area contributed by atoms with Gasteiger partial charge >= 0.3 is 0 Å². The van der Waals surface area contributed by atoms with Gasteiger partial charge < -0.3 is 14.9 Å². The molecule has 1 fully saturated rings. The second-order valence-electron chi connectivity index (χ2n) is 6.51. The van der Waals surface area contributed by atoms with E-state index < -0.39 is 17.5 Å². The van der Waals surface area contributed by atoms with Gasteiger partial charge in [-0.3, -0.25) is 4.79 Å². The van der Waals surface area contributed by atoms with Crippen molar-refractivity contribution in [3.05, 3.63) is 53.0 Å². The maximum Gasteiger partial charge on any atom is 0.223 e. The van der Waals surface area contributed by atoms with Crippen molar-refractivity contribution in [2.24, 2.45) is 0 Å². The highest BCUT2D eigenvalue weighted by Gasteiger charge is 2.22. The van der Waals surface area contributed by atoms with E-state index in [2.05, 4.69) is 4.98 Å². The third-order valence-corrected chi connectivity index (χ3v) is 4.81. The van der Waals surface area contributed by atoms with E-state index in [1.54, 1.807) is 17.0 Å². The van der Waals surface area contributed by atoms with Crippen LogP contribution in [-0.4, -0.2) is 47.1 Å². The second-order valence-corrected chi connectivity index (χ2v) is 6.51. The molecule has 3 rings (SSSR count). The highest BCUT2D eigenvalue weighted by Crippen LogP contribution is 2.21. The molecule has 0 saturated carbocycles. The van der Waals surface area contributed by atoms with Gasteiger partial charge in [0.15, 0.2) is 17.5 Å². The molecule has 1 aliphatic rings. The molecule has 27 heavy (non-hydrogen) atoms. The molecule has 1 N–H and O–H groups in total. The zero-order valence-electron chi connectivity index (χ0n) is 14.9. The summed E-state index contributed by atoms with van der Waals surface area (Å²) in [6.07, 6.45) is 1.62. The van der Waals surface area contributed by atoms with E-state index in [0.29, 0.717) is 31.7 Å². The number of amides is 1. The third kappa shape index (κ3) is 4.15. The van der Waals surface area contributed by atoms with Crippen LogP contribution in [0.2, 0.25) is 0 Å². The van der Waals surface area contributed by atoms with Crippen LogP contribution in [0.3, 0.4) is 0 Å². The fourth-order valence-electron chi connectivity index (χ4n) is 3.14. The van der Waals surface area contributed by atoms with Crippen LogP contribution < -0.4 is 4.90 Å². The van der Waals surface area contributed by atoms with Gasteiger partial charge in [-0.05, 0) is 42.7 Å². The Kier molecular flexibility index (Phi) is 5.53. The number of hydrogen-bond acceptors (Lipinski definition) is 4. The molecule has 0 aliphatic carbocycles. The Balaban J connectivity index is 1.55. The summed E-state index contributed by atoms with van der Waals surface area (Å²) in [5.41, 5.74) is 0.330. The topological polar surface area (TPSA) is 56.7 Å². The zero-order valence-corrected chi connectivity index (χ0v) is 14.9. The standard InChI is InChI=1S/C19H20F3N3O2/c1-12-13(10-15(20)19(22)18(12)21)2-5-17(27)25-8-6-24(7-9-25)16-4-3-14(26)11-23-16/h3-4,10-11,26H,2,5-9H2,1H3. The summed E-state index contributed by atoms with van der Waals surface area (Å²) in [5.74, 6) is -3.22. The van der Waals surface area contributed by atoms with E-state index in [-0.39, 0.29) is 30.1 Å². The van der Waals surface area contributed by atoms with Crippen LogP contribution in [-0.2, 0) is 11.2 Å². The molecule has 0 unspecified atom stereocenters. The van der Waals surface area contributed by atoms with Gasteiger partial charge in [-0.15, -0.1) is 0 Å². The molecule has 1 aromatic carbocycles. The maximum atomic E-state index is 13.6. The summed E-state index contributed by atoms with van der Waals surface area (Å²) in [6, 6.07) is 4.23. The highest BCUT2D eigenvalue weighted by atomic mass is 19.2. The average molecular weight is 379 g/mol. The van der Waals surface area contributed by atoms with Crippen LogP contribution in [0.5, 0.6) is 5.75 Å². The van der Waals surface area contributed by atoms with Crippen molar-refractivity contribution in [1.82, 2.24) is 9.88 Å². The molecule has 0 atom stereocenters. The van der Waals surface area contributed by atoms with Gasteiger partial charge in [0, 0.05) is 32.6 Å². The first-order chi connectivity index (χ1) is 12.9. The molecule has 1 aliphatic heterocycles. The van der Waals surface area contributed by atoms with Crippen molar-refractivity contribution >= 4 is 11.7 Å². The molecule has 1 aromatic heterocycles. The van der Waals surface area contributed by atoms with E-state index in [9.17, 15) is 23.1 Å². The number of hydrogen-bond donors (Lipinski definition) is 1. The van der Waals surface area contributed by atoms with E-state index in [1.807, 2.05) is 4.90 Å². The molecule has 2 heterocycles. The lowest BCUT2D eigenvalue weighted by Crippen LogP contribution is -2.49. The summed E-state index contributed by atoms with van der Waals surface area (Å²) in [5, 5.41) is 9.29. The summed E-state index contributed by atoms with van der Waals surface area (Å²) in [4.78, 5) is 20.3. The number of aryl methyl sites for hydroxylation is 1. The van der Waals surface area contributed by atoms with Crippen molar-refractivity contribution < 1.29 is 23.1 Å². The number of halogens is 3. The Hall–Kier alpha value is -2.77. The molecule has 0 bridgehead atoms. The van der Waals surface area contributed by atoms with Gasteiger partial charge in [-0.25, -0.2) is 18.2 Å². The van der Waals surface area contributed by atoms with E-state index in [0.717, 1.165) is 11.9 Å². The minimum atomic E-state index is -1.48. The molecule has 8 heteroatoms. The minimum absolute atomic E-state index is 0.0323. The first-order valence-electron chi connectivity index (χ1n) is 8.67. The minimum Gasteiger partial charge on any atom is -0.506 e. The number of carbonyl (C=O) groups excluding carboxylic acids is 1. The number of pyridine rings is 1. The van der Waals surface area contributed by atoms with Gasteiger partial charge in [-0.2, -0.15) is 0 Å². The molecule has 0 spiro atoms. The lowest BCUT2D eigenvalue weighted by Gasteiger charge is -2.35. The largest absolute Gasteiger partial charge is 0.506 e. The molecular weight excluding hydrogens is 359 g/mol. The van der Waals surface area contributed by atoms with Gasteiger partial charge in [-0.1, -0.05) is 0 Å². The van der Waals surface area contributed by atoms with Crippen LogP contribution in [0.1, 0.15) is 17.5 Å². The van der Waals surface area contributed by atoms with Crippen LogP contribution in [0.15, 0.2) is 24.4 Å². The Morgan fingerprint density at radius 2 is 1.85 bits per heavy atom. The van der Waals surface area contributed by atoms with Gasteiger partial charge in [0.05, 0.1) is 6.20 Å². The first kappa shape index (κ1) is 19.0. The van der Waals surface area contributed by atoms with Gasteiger partial charge in [0.25, 0.3) is 0 Å². The molecule has 2 aromatic rings. The highest BCUT2D eigenvalue weighted by molar-refractivity contribution is 5.76. The van der Waals surface area contributed by atoms with Crippen LogP contribution in [0.4, 0.5) is 19.0 Å². The van der Waals surface area contributed by atoms with Gasteiger partial charge in [0.2, 0.25) is 5.91 Å². The summed E-state index contributed by atoms with van der Waals surface area (Å²) in [6.45, 7) is 3.59. The van der Waals surface area contributed by atoms with E-state index >= 15 is 0 Å². The van der Waals surface area contributed by atoms with E-state index in [4.69, 9.17) is 0 Å². The van der Waals surface area contributed by atoms with Crippen LogP contribution in [0.25, 0.3) is 0 Å². The summed E-state index contributed by atoms with van der Waals surface area (Å²) < 4.78 is 40.2. The quantitative estimate of drug-likeness (QED) is 0.830. The van der Waals surface area contributed by atoms with Gasteiger partial charge in [0.1, 0.15) is 11.6 Å². The normalized spacial score (nSPS) is 14.5. The number of carbonyl (C=O) groups is 1. The monoisotopic (exact) mass is 379 g/mol. The molecule has 1 amide bonds. The van der Waals surface area contributed by atoms with Crippen LogP contribution >= 0.6 is 0 Å². The zero-order chi connectivity index (χ0) is 19.6. The smallest absolute Gasteiger partial charge is 0.223 e. The number of aromatic nitrogens is 1. The lowest BCUT2D eigenvalue weighted by atomic mass is 10.0. The Morgan fingerprint density at radius 3 is 2.48 bits per heavy atom. The fraction of sp³-hybridized carbons (Fsp3) is 0.368.